The minimum atomic E-state index is -0.123. The minimum absolute atomic E-state index is 0.123. The fourth-order valence-electron chi connectivity index (χ4n) is 0.663. The van der Waals surface area contributed by atoms with Gasteiger partial charge >= 0.3 is 0 Å². The van der Waals surface area contributed by atoms with Gasteiger partial charge in [0, 0.05) is 27.2 Å². The lowest BCUT2D eigenvalue weighted by Crippen LogP contribution is -1.72. The summed E-state index contributed by atoms with van der Waals surface area (Å²) in [6.07, 6.45) is 3.54. The van der Waals surface area contributed by atoms with Crippen LogP contribution in [0.4, 0.5) is 5.82 Å². The van der Waals surface area contributed by atoms with Crippen LogP contribution in [-0.2, 0) is 0 Å². The highest BCUT2D eigenvalue weighted by Gasteiger charge is 2.00. The van der Waals surface area contributed by atoms with E-state index in [-0.39, 0.29) is 21.0 Å². The van der Waals surface area contributed by atoms with E-state index in [1.807, 2.05) is 12.3 Å². The maximum atomic E-state index is 4.09. The molecule has 0 unspecified atom stereocenters. The van der Waals surface area contributed by atoms with Crippen LogP contribution in [0.15, 0.2) is 20.4 Å². The molecule has 9 heavy (non-hydrogen) atoms. The van der Waals surface area contributed by atoms with E-state index in [1.165, 1.54) is 3.57 Å². The van der Waals surface area contributed by atoms with Crippen LogP contribution in [0.3, 0.4) is 0 Å². The van der Waals surface area contributed by atoms with Gasteiger partial charge in [-0.15, -0.1) is 0 Å². The maximum absolute atomic E-state index is 4.09. The van der Waals surface area contributed by atoms with Crippen molar-refractivity contribution < 1.29 is 0 Å². The van der Waals surface area contributed by atoms with E-state index < -0.39 is 0 Å². The molecule has 1 aromatic heterocycles. The van der Waals surface area contributed by atoms with Crippen LogP contribution in [0.2, 0.25) is 0 Å². The van der Waals surface area contributed by atoms with Gasteiger partial charge < -0.3 is 4.98 Å². The number of hydrogen-bond acceptors (Lipinski definition) is 2. The fourth-order valence-corrected chi connectivity index (χ4v) is 2.08. The number of aliphatic imine (C=N–C) groups is 1. The molecule has 3 nitrogen and oxygen atoms in total. The van der Waals surface area contributed by atoms with Gasteiger partial charge in [0.1, 0.15) is 12.2 Å². The largest absolute Gasteiger partial charge is 0.346 e. The van der Waals surface area contributed by atoms with E-state index in [0.717, 1.165) is 5.82 Å². The Kier molecular flexibility index (Phi) is 1.18. The fraction of sp³-hybridized carbons (Fsp3) is 0. The number of rotatable bonds is 0. The first-order valence-corrected chi connectivity index (χ1v) is 4.55. The smallest absolute Gasteiger partial charge is 0.146 e. The van der Waals surface area contributed by atoms with E-state index in [9.17, 15) is 0 Å². The second-order valence-electron chi connectivity index (χ2n) is 1.60. The van der Waals surface area contributed by atoms with Crippen molar-refractivity contribution in [3.8, 4) is 0 Å². The van der Waals surface area contributed by atoms with Crippen LogP contribution >= 0.6 is 21.0 Å². The van der Waals surface area contributed by atoms with Crippen LogP contribution in [-0.4, -0.2) is 11.3 Å². The normalized spacial score (nSPS) is 14.7. The Bertz CT molecular complexity index is 247. The minimum Gasteiger partial charge on any atom is -0.346 e. The number of nitrogens with one attached hydrogen (secondary N) is 1. The molecular formula is C5H4IN3. The molecule has 2 rings (SSSR count). The van der Waals surface area contributed by atoms with Gasteiger partial charge in [0.05, 0.1) is 3.57 Å². The van der Waals surface area contributed by atoms with E-state index in [1.54, 1.807) is 6.34 Å². The third kappa shape index (κ3) is 0.827. The van der Waals surface area contributed by atoms with Crippen LogP contribution in [0.1, 0.15) is 0 Å². The van der Waals surface area contributed by atoms with Gasteiger partial charge in [0.2, 0.25) is 0 Å². The molecule has 0 spiro atoms. The Labute approximate surface area is 62.4 Å². The monoisotopic (exact) mass is 233 g/mol. The Balaban J connectivity index is 2.68. The summed E-state index contributed by atoms with van der Waals surface area (Å²) in [5.74, 6) is 0.998. The molecule has 1 N–H and O–H groups in total. The molecule has 0 saturated carbocycles. The third-order valence-electron chi connectivity index (χ3n) is 1.05. The molecule has 0 aromatic carbocycles. The zero-order chi connectivity index (χ0) is 6.10. The van der Waals surface area contributed by atoms with Crippen molar-refractivity contribution in [1.82, 2.24) is 4.98 Å². The van der Waals surface area contributed by atoms with Crippen LogP contribution in [0.5, 0.6) is 0 Å². The van der Waals surface area contributed by atoms with Gasteiger partial charge in [-0.25, -0.2) is 8.14 Å². The molecule has 1 aliphatic heterocycles. The molecule has 0 atom stereocenters. The van der Waals surface area contributed by atoms with Crippen LogP contribution < -0.4 is 0 Å². The summed E-state index contributed by atoms with van der Waals surface area (Å²) in [4.78, 5) is 7.06. The molecule has 0 aliphatic carbocycles. The molecule has 2 heterocycles. The number of aromatic amines is 1. The summed E-state index contributed by atoms with van der Waals surface area (Å²) in [6, 6.07) is 2.04. The number of nitrogens with zero attached hydrogens (tertiary/aromatic N) is 2. The number of H-pyrrole nitrogens is 1. The molecular weight excluding hydrogens is 229 g/mol. The van der Waals surface area contributed by atoms with Crippen molar-refractivity contribution in [2.45, 2.75) is 0 Å². The average Bonchev–Trinajstić information content (AvgIpc) is 2.33. The van der Waals surface area contributed by atoms with Gasteiger partial charge in [-0.1, -0.05) is 0 Å². The zero-order valence-corrected chi connectivity index (χ0v) is 6.66. The molecule has 0 saturated heterocycles. The summed E-state index contributed by atoms with van der Waals surface area (Å²) in [5.41, 5.74) is 0. The predicted octanol–water partition coefficient (Wildman–Crippen LogP) is 2.01. The highest BCUT2D eigenvalue weighted by molar-refractivity contribution is 14.2. The predicted molar refractivity (Wildman–Crippen MR) is 44.1 cm³/mol. The van der Waals surface area contributed by atoms with Crippen molar-refractivity contribution in [3.05, 3.63) is 15.8 Å². The van der Waals surface area contributed by atoms with Crippen LogP contribution in [0, 0.1) is 3.57 Å². The summed E-state index contributed by atoms with van der Waals surface area (Å²) >= 11 is -0.123. The second-order valence-corrected chi connectivity index (χ2v) is 3.80. The molecule has 0 radical (unpaired) electrons. The number of fused-ring (bicyclic) bond motifs is 1. The van der Waals surface area contributed by atoms with Gasteiger partial charge in [0.25, 0.3) is 0 Å². The first-order chi connectivity index (χ1) is 4.47. The Morgan fingerprint density at radius 3 is 3.44 bits per heavy atom. The van der Waals surface area contributed by atoms with Gasteiger partial charge in [0.15, 0.2) is 0 Å². The van der Waals surface area contributed by atoms with Gasteiger partial charge in [-0.3, -0.25) is 0 Å². The van der Waals surface area contributed by atoms with E-state index in [0.29, 0.717) is 0 Å². The lowest BCUT2D eigenvalue weighted by molar-refractivity contribution is 1.33. The summed E-state index contributed by atoms with van der Waals surface area (Å²) < 4.78 is 5.38. The van der Waals surface area contributed by atoms with Crippen molar-refractivity contribution in [2.24, 2.45) is 8.14 Å². The van der Waals surface area contributed by atoms with Crippen molar-refractivity contribution in [3.63, 3.8) is 0 Å². The first-order valence-electron chi connectivity index (χ1n) is 2.51. The van der Waals surface area contributed by atoms with Gasteiger partial charge in [-0.2, -0.15) is 0 Å². The number of aromatic nitrogens is 1. The lowest BCUT2D eigenvalue weighted by Gasteiger charge is -1.91. The Morgan fingerprint density at radius 1 is 1.56 bits per heavy atom. The van der Waals surface area contributed by atoms with Gasteiger partial charge in [-0.05, 0) is 6.07 Å². The number of hydrogen-bond donors (Lipinski definition) is 1. The highest BCUT2D eigenvalue weighted by atomic mass is 127. The van der Waals surface area contributed by atoms with E-state index in [4.69, 9.17) is 0 Å². The van der Waals surface area contributed by atoms with Crippen molar-refractivity contribution in [2.75, 3.05) is 0 Å². The average molecular weight is 233 g/mol. The first kappa shape index (κ1) is 5.28. The van der Waals surface area contributed by atoms with E-state index >= 15 is 0 Å². The van der Waals surface area contributed by atoms with Crippen LogP contribution in [0.25, 0.3) is 0 Å². The number of halogens is 1. The Morgan fingerprint density at radius 2 is 2.56 bits per heavy atom. The third-order valence-corrected chi connectivity index (χ3v) is 2.96. The highest BCUT2D eigenvalue weighted by Crippen LogP contribution is 2.26. The molecule has 1 aromatic rings. The molecule has 46 valence electrons. The van der Waals surface area contributed by atoms with Crippen molar-refractivity contribution >= 4 is 33.2 Å². The standard InChI is InChI=1S/C5H4IN3/c1-2-7-5-4(1)6-9-3-8-5/h1-3H,(H,7,8,9). The summed E-state index contributed by atoms with van der Waals surface area (Å²) in [7, 11) is 0. The summed E-state index contributed by atoms with van der Waals surface area (Å²) in [5, 5.41) is 0. The molecule has 0 fully saturated rings. The summed E-state index contributed by atoms with van der Waals surface area (Å²) in [6.45, 7) is 0. The van der Waals surface area contributed by atoms with Crippen molar-refractivity contribution in [1.29, 1.82) is 0 Å². The quantitative estimate of drug-likeness (QED) is 0.666. The zero-order valence-electron chi connectivity index (χ0n) is 4.50. The Hall–Kier alpha value is -0.520. The maximum Gasteiger partial charge on any atom is 0.146 e. The van der Waals surface area contributed by atoms with E-state index in [2.05, 4.69) is 13.1 Å². The second kappa shape index (κ2) is 2.02. The molecule has 0 bridgehead atoms. The lowest BCUT2D eigenvalue weighted by atomic mass is 10.6. The topological polar surface area (TPSA) is 40.5 Å². The molecule has 1 aliphatic rings. The molecule has 0 amide bonds. The SMILES string of the molecule is C1=Nc2[nH]ccc2I=N1. The molecule has 4 heteroatoms.